The molecule has 1 aliphatic heterocycles. The van der Waals surface area contributed by atoms with Crippen LogP contribution in [0, 0.1) is 5.82 Å². The quantitative estimate of drug-likeness (QED) is 0.670. The average molecular weight is 343 g/mol. The smallest absolute Gasteiger partial charge is 0.193 e. The van der Waals surface area contributed by atoms with Crippen molar-refractivity contribution in [2.75, 3.05) is 26.2 Å². The molecule has 134 valence electrons. The summed E-state index contributed by atoms with van der Waals surface area (Å²) in [5.74, 6) is 1.26. The zero-order valence-corrected chi connectivity index (χ0v) is 15.0. The molecule has 3 rings (SSSR count). The van der Waals surface area contributed by atoms with Crippen molar-refractivity contribution < 1.29 is 4.39 Å². The number of likely N-dealkylation sites (tertiary alicyclic amines) is 1. The summed E-state index contributed by atoms with van der Waals surface area (Å²) in [6, 6.07) is 6.91. The number of hydrogen-bond acceptors (Lipinski definition) is 2. The van der Waals surface area contributed by atoms with E-state index in [1.54, 1.807) is 6.07 Å². The highest BCUT2D eigenvalue weighted by Gasteiger charge is 2.26. The van der Waals surface area contributed by atoms with Crippen molar-refractivity contribution in [3.63, 3.8) is 0 Å². The molecule has 1 atom stereocenters. The summed E-state index contributed by atoms with van der Waals surface area (Å²) < 4.78 is 15.6. The molecule has 1 aromatic carbocycles. The topological polar surface area (TPSA) is 45.5 Å². The van der Waals surface area contributed by atoms with Crippen LogP contribution in [-0.4, -0.2) is 46.8 Å². The van der Waals surface area contributed by atoms with E-state index in [2.05, 4.69) is 28.4 Å². The molecule has 0 saturated carbocycles. The van der Waals surface area contributed by atoms with Gasteiger partial charge in [-0.2, -0.15) is 5.10 Å². The molecule has 0 bridgehead atoms. The van der Waals surface area contributed by atoms with E-state index >= 15 is 0 Å². The molecule has 1 N–H and O–H groups in total. The Morgan fingerprint density at radius 3 is 2.96 bits per heavy atom. The molecule has 0 spiro atoms. The summed E-state index contributed by atoms with van der Waals surface area (Å²) in [5.41, 5.74) is 2.00. The van der Waals surface area contributed by atoms with Crippen molar-refractivity contribution in [2.24, 2.45) is 12.0 Å². The van der Waals surface area contributed by atoms with Crippen LogP contribution in [-0.2, 0) is 13.5 Å². The van der Waals surface area contributed by atoms with Crippen molar-refractivity contribution in [2.45, 2.75) is 25.7 Å². The summed E-state index contributed by atoms with van der Waals surface area (Å²) in [7, 11) is 1.95. The van der Waals surface area contributed by atoms with Gasteiger partial charge in [0.05, 0.1) is 6.20 Å². The van der Waals surface area contributed by atoms with Crippen LogP contribution in [0.3, 0.4) is 0 Å². The maximum atomic E-state index is 13.7. The first-order valence-corrected chi connectivity index (χ1v) is 8.92. The molecular formula is C19H26FN5. The monoisotopic (exact) mass is 343 g/mol. The predicted molar refractivity (Wildman–Crippen MR) is 98.2 cm³/mol. The number of guanidine groups is 1. The van der Waals surface area contributed by atoms with Gasteiger partial charge in [0.15, 0.2) is 5.96 Å². The number of hydrogen-bond donors (Lipinski definition) is 1. The number of halogens is 1. The summed E-state index contributed by atoms with van der Waals surface area (Å²) in [6.45, 7) is 5.40. The molecule has 0 aliphatic carbocycles. The molecule has 0 amide bonds. The first-order chi connectivity index (χ1) is 12.2. The fraction of sp³-hybridized carbons (Fsp3) is 0.474. The van der Waals surface area contributed by atoms with E-state index in [1.165, 1.54) is 11.6 Å². The minimum atomic E-state index is -0.152. The van der Waals surface area contributed by atoms with E-state index in [4.69, 9.17) is 4.99 Å². The lowest BCUT2D eigenvalue weighted by molar-refractivity contribution is 0.486. The second-order valence-corrected chi connectivity index (χ2v) is 6.46. The first-order valence-electron chi connectivity index (χ1n) is 8.92. The maximum absolute atomic E-state index is 13.7. The van der Waals surface area contributed by atoms with Crippen molar-refractivity contribution in [3.8, 4) is 0 Å². The fourth-order valence-electron chi connectivity index (χ4n) is 3.28. The van der Waals surface area contributed by atoms with E-state index in [0.717, 1.165) is 37.6 Å². The van der Waals surface area contributed by atoms with Gasteiger partial charge in [-0.3, -0.25) is 9.67 Å². The van der Waals surface area contributed by atoms with Gasteiger partial charge < -0.3 is 10.2 Å². The highest BCUT2D eigenvalue weighted by Crippen LogP contribution is 2.26. The summed E-state index contributed by atoms with van der Waals surface area (Å²) >= 11 is 0. The lowest BCUT2D eigenvalue weighted by Gasteiger charge is -2.21. The van der Waals surface area contributed by atoms with Crippen LogP contribution in [0.25, 0.3) is 0 Å². The van der Waals surface area contributed by atoms with Crippen molar-refractivity contribution >= 4 is 5.96 Å². The van der Waals surface area contributed by atoms with Crippen molar-refractivity contribution in [3.05, 3.63) is 53.6 Å². The Morgan fingerprint density at radius 1 is 1.40 bits per heavy atom. The second-order valence-electron chi connectivity index (χ2n) is 6.46. The van der Waals surface area contributed by atoms with Crippen LogP contribution in [0.5, 0.6) is 0 Å². The third-order valence-electron chi connectivity index (χ3n) is 4.62. The summed E-state index contributed by atoms with van der Waals surface area (Å²) in [5, 5.41) is 7.64. The maximum Gasteiger partial charge on any atom is 0.193 e. The summed E-state index contributed by atoms with van der Waals surface area (Å²) in [6.07, 6.45) is 5.76. The minimum Gasteiger partial charge on any atom is -0.357 e. The Bertz CT molecular complexity index is 724. The SMILES string of the molecule is CCNC(=NCCc1ccccc1F)N1CCC(c2cnn(C)c2)C1. The molecule has 1 unspecified atom stereocenters. The number of aliphatic imine (C=N–C) groups is 1. The largest absolute Gasteiger partial charge is 0.357 e. The van der Waals surface area contributed by atoms with E-state index in [0.29, 0.717) is 18.9 Å². The van der Waals surface area contributed by atoms with Crippen LogP contribution >= 0.6 is 0 Å². The van der Waals surface area contributed by atoms with Gasteiger partial charge in [0.25, 0.3) is 0 Å². The average Bonchev–Trinajstić information content (AvgIpc) is 3.24. The molecule has 5 nitrogen and oxygen atoms in total. The first kappa shape index (κ1) is 17.5. The predicted octanol–water partition coefficient (Wildman–Crippen LogP) is 2.56. The van der Waals surface area contributed by atoms with Gasteiger partial charge in [0.1, 0.15) is 5.82 Å². The lowest BCUT2D eigenvalue weighted by Crippen LogP contribution is -2.40. The normalized spacial score (nSPS) is 18.0. The number of aryl methyl sites for hydroxylation is 1. The molecule has 0 radical (unpaired) electrons. The zero-order chi connectivity index (χ0) is 17.6. The van der Waals surface area contributed by atoms with Crippen LogP contribution in [0.15, 0.2) is 41.7 Å². The van der Waals surface area contributed by atoms with Gasteiger partial charge in [0.2, 0.25) is 0 Å². The lowest BCUT2D eigenvalue weighted by atomic mass is 10.0. The van der Waals surface area contributed by atoms with E-state index in [1.807, 2.05) is 30.1 Å². The van der Waals surface area contributed by atoms with Gasteiger partial charge in [-0.15, -0.1) is 0 Å². The van der Waals surface area contributed by atoms with Crippen molar-refractivity contribution in [1.29, 1.82) is 0 Å². The Labute approximate surface area is 148 Å². The Morgan fingerprint density at radius 2 is 2.24 bits per heavy atom. The van der Waals surface area contributed by atoms with E-state index in [-0.39, 0.29) is 5.82 Å². The molecule has 1 fully saturated rings. The Balaban J connectivity index is 1.61. The number of aromatic nitrogens is 2. The molecule has 2 heterocycles. The fourth-order valence-corrected chi connectivity index (χ4v) is 3.28. The molecular weight excluding hydrogens is 317 g/mol. The molecule has 1 aromatic heterocycles. The van der Waals surface area contributed by atoms with Crippen LogP contribution in [0.1, 0.15) is 30.4 Å². The Kier molecular flexibility index (Phi) is 5.68. The van der Waals surface area contributed by atoms with Crippen LogP contribution < -0.4 is 5.32 Å². The molecule has 6 heteroatoms. The number of nitrogens with zero attached hydrogens (tertiary/aromatic N) is 4. The second kappa shape index (κ2) is 8.14. The highest BCUT2D eigenvalue weighted by molar-refractivity contribution is 5.80. The highest BCUT2D eigenvalue weighted by atomic mass is 19.1. The van der Waals surface area contributed by atoms with E-state index in [9.17, 15) is 4.39 Å². The third-order valence-corrected chi connectivity index (χ3v) is 4.62. The van der Waals surface area contributed by atoms with Gasteiger partial charge in [-0.05, 0) is 37.0 Å². The molecule has 1 aliphatic rings. The van der Waals surface area contributed by atoms with Gasteiger partial charge in [-0.25, -0.2) is 4.39 Å². The summed E-state index contributed by atoms with van der Waals surface area (Å²) in [4.78, 5) is 7.00. The van der Waals surface area contributed by atoms with Gasteiger partial charge >= 0.3 is 0 Å². The van der Waals surface area contributed by atoms with E-state index < -0.39 is 0 Å². The zero-order valence-electron chi connectivity index (χ0n) is 15.0. The van der Waals surface area contributed by atoms with Crippen LogP contribution in [0.4, 0.5) is 4.39 Å². The number of nitrogens with one attached hydrogen (secondary N) is 1. The minimum absolute atomic E-state index is 0.152. The molecule has 2 aromatic rings. The molecule has 25 heavy (non-hydrogen) atoms. The number of rotatable bonds is 5. The third kappa shape index (κ3) is 4.38. The Hall–Kier alpha value is -2.37. The molecule has 1 saturated heterocycles. The van der Waals surface area contributed by atoms with Crippen molar-refractivity contribution in [1.82, 2.24) is 20.0 Å². The number of benzene rings is 1. The van der Waals surface area contributed by atoms with Gasteiger partial charge in [-0.1, -0.05) is 18.2 Å². The van der Waals surface area contributed by atoms with Crippen LogP contribution in [0.2, 0.25) is 0 Å². The standard InChI is InChI=1S/C19H26FN5/c1-3-21-19(22-10-8-15-6-4-5-7-18(15)20)25-11-9-16(14-25)17-12-23-24(2)13-17/h4-7,12-13,16H,3,8-11,14H2,1-2H3,(H,21,22). The van der Waals surface area contributed by atoms with Gasteiger partial charge in [0, 0.05) is 45.3 Å².